The van der Waals surface area contributed by atoms with Gasteiger partial charge in [-0.1, -0.05) is 36.7 Å². The number of aliphatic carboxylic acids is 1. The maximum Gasteiger partial charge on any atom is 0.333 e. The fraction of sp³-hybridized carbons (Fsp3) is 0.357. The van der Waals surface area contributed by atoms with E-state index in [9.17, 15) is 18.3 Å². The SMILES string of the molecule is CC[C@H]1C=C(C(=O)O)[C@@H](c2ccc(Cl)cc2)N1S(C)(=O)=O. The van der Waals surface area contributed by atoms with Gasteiger partial charge in [0.2, 0.25) is 10.0 Å². The lowest BCUT2D eigenvalue weighted by atomic mass is 10.0. The van der Waals surface area contributed by atoms with Crippen LogP contribution in [0.15, 0.2) is 35.9 Å². The zero-order valence-corrected chi connectivity index (χ0v) is 13.2. The van der Waals surface area contributed by atoms with Crippen LogP contribution in [-0.4, -0.2) is 36.1 Å². The molecule has 0 bridgehead atoms. The fourth-order valence-electron chi connectivity index (χ4n) is 2.60. The van der Waals surface area contributed by atoms with E-state index < -0.39 is 28.1 Å². The average Bonchev–Trinajstić information content (AvgIpc) is 2.79. The van der Waals surface area contributed by atoms with E-state index in [-0.39, 0.29) is 5.57 Å². The van der Waals surface area contributed by atoms with Crippen LogP contribution in [0, 0.1) is 0 Å². The molecule has 1 heterocycles. The number of rotatable bonds is 4. The molecule has 0 fully saturated rings. The molecule has 0 amide bonds. The number of carboxylic acids is 1. The van der Waals surface area contributed by atoms with Crippen molar-refractivity contribution in [2.24, 2.45) is 0 Å². The van der Waals surface area contributed by atoms with Gasteiger partial charge in [0.25, 0.3) is 0 Å². The van der Waals surface area contributed by atoms with Gasteiger partial charge < -0.3 is 5.11 Å². The molecule has 5 nitrogen and oxygen atoms in total. The van der Waals surface area contributed by atoms with Gasteiger partial charge in [0.05, 0.1) is 17.9 Å². The highest BCUT2D eigenvalue weighted by Gasteiger charge is 2.42. The third kappa shape index (κ3) is 3.12. The predicted octanol–water partition coefficient (Wildman–Crippen LogP) is 2.45. The van der Waals surface area contributed by atoms with E-state index in [1.54, 1.807) is 24.3 Å². The summed E-state index contributed by atoms with van der Waals surface area (Å²) < 4.78 is 25.4. The first-order chi connectivity index (χ1) is 9.75. The van der Waals surface area contributed by atoms with Crippen molar-refractivity contribution < 1.29 is 18.3 Å². The Morgan fingerprint density at radius 3 is 2.33 bits per heavy atom. The van der Waals surface area contributed by atoms with Crippen LogP contribution in [0.4, 0.5) is 0 Å². The third-order valence-electron chi connectivity index (χ3n) is 3.48. The van der Waals surface area contributed by atoms with Crippen molar-refractivity contribution >= 4 is 27.6 Å². The molecule has 0 radical (unpaired) electrons. The number of sulfonamides is 1. The van der Waals surface area contributed by atoms with Crippen LogP contribution in [0.2, 0.25) is 5.02 Å². The Hall–Kier alpha value is -1.37. The molecule has 0 saturated carbocycles. The second kappa shape index (κ2) is 5.79. The van der Waals surface area contributed by atoms with Crippen molar-refractivity contribution in [1.29, 1.82) is 0 Å². The van der Waals surface area contributed by atoms with Crippen LogP contribution in [0.3, 0.4) is 0 Å². The lowest BCUT2D eigenvalue weighted by Crippen LogP contribution is -2.37. The number of benzene rings is 1. The van der Waals surface area contributed by atoms with E-state index in [0.29, 0.717) is 17.0 Å². The summed E-state index contributed by atoms with van der Waals surface area (Å²) in [6.07, 6.45) is 3.12. The highest BCUT2D eigenvalue weighted by atomic mass is 35.5. The normalized spacial score (nSPS) is 23.1. The Bertz CT molecular complexity index is 681. The second-order valence-corrected chi connectivity index (χ2v) is 7.27. The van der Waals surface area contributed by atoms with Crippen LogP contribution in [0.25, 0.3) is 0 Å². The van der Waals surface area contributed by atoms with E-state index in [1.807, 2.05) is 6.92 Å². The van der Waals surface area contributed by atoms with Crippen LogP contribution in [0.1, 0.15) is 24.9 Å². The van der Waals surface area contributed by atoms with E-state index in [0.717, 1.165) is 6.26 Å². The largest absolute Gasteiger partial charge is 0.478 e. The number of nitrogens with zero attached hydrogens (tertiary/aromatic N) is 1. The summed E-state index contributed by atoms with van der Waals surface area (Å²) in [6.45, 7) is 1.82. The Morgan fingerprint density at radius 2 is 1.90 bits per heavy atom. The summed E-state index contributed by atoms with van der Waals surface area (Å²) in [5, 5.41) is 9.89. The van der Waals surface area contributed by atoms with Crippen molar-refractivity contribution in [3.05, 3.63) is 46.5 Å². The van der Waals surface area contributed by atoms with E-state index >= 15 is 0 Å². The van der Waals surface area contributed by atoms with Gasteiger partial charge >= 0.3 is 5.97 Å². The molecule has 0 unspecified atom stereocenters. The molecule has 1 N–H and O–H groups in total. The Labute approximate surface area is 128 Å². The number of halogens is 1. The van der Waals surface area contributed by atoms with Crippen molar-refractivity contribution in [1.82, 2.24) is 4.31 Å². The summed E-state index contributed by atoms with van der Waals surface area (Å²) in [7, 11) is -3.55. The Kier molecular flexibility index (Phi) is 4.41. The highest BCUT2D eigenvalue weighted by molar-refractivity contribution is 7.88. The predicted molar refractivity (Wildman–Crippen MR) is 80.7 cm³/mol. The number of hydrogen-bond acceptors (Lipinski definition) is 3. The topological polar surface area (TPSA) is 74.7 Å². The van der Waals surface area contributed by atoms with Gasteiger partial charge in [-0.15, -0.1) is 0 Å². The molecule has 0 aliphatic carbocycles. The van der Waals surface area contributed by atoms with E-state index in [4.69, 9.17) is 11.6 Å². The highest BCUT2D eigenvalue weighted by Crippen LogP contribution is 2.39. The molecule has 7 heteroatoms. The van der Waals surface area contributed by atoms with Gasteiger partial charge in [-0.3, -0.25) is 0 Å². The minimum absolute atomic E-state index is 0.0783. The first-order valence-corrected chi connectivity index (χ1v) is 8.67. The third-order valence-corrected chi connectivity index (χ3v) is 4.98. The Morgan fingerprint density at radius 1 is 1.33 bits per heavy atom. The monoisotopic (exact) mass is 329 g/mol. The number of carbonyl (C=O) groups is 1. The molecular weight excluding hydrogens is 314 g/mol. The molecule has 2 rings (SSSR count). The molecule has 1 aromatic rings. The molecule has 0 aromatic heterocycles. The van der Waals surface area contributed by atoms with Gasteiger partial charge in [0, 0.05) is 11.1 Å². The van der Waals surface area contributed by atoms with E-state index in [1.165, 1.54) is 10.4 Å². The average molecular weight is 330 g/mol. The number of carboxylic acid groups (broad SMARTS) is 1. The quantitative estimate of drug-likeness (QED) is 0.920. The lowest BCUT2D eigenvalue weighted by molar-refractivity contribution is -0.133. The standard InChI is InChI=1S/C14H16ClNO4S/c1-3-11-8-12(14(17)18)13(16(11)21(2,19)20)9-4-6-10(15)7-5-9/h4-8,11,13H,3H2,1-2H3,(H,17,18)/t11-,13+/m0/s1. The van der Waals surface area contributed by atoms with Gasteiger partial charge in [-0.25, -0.2) is 13.2 Å². The fourth-order valence-corrected chi connectivity index (χ4v) is 4.04. The summed E-state index contributed by atoms with van der Waals surface area (Å²) in [4.78, 5) is 11.5. The zero-order chi connectivity index (χ0) is 15.8. The molecular formula is C14H16ClNO4S. The molecule has 1 aliphatic heterocycles. The van der Waals surface area contributed by atoms with Crippen molar-refractivity contribution in [2.75, 3.05) is 6.26 Å². The molecule has 0 spiro atoms. The number of hydrogen-bond donors (Lipinski definition) is 1. The van der Waals surface area contributed by atoms with Gasteiger partial charge in [-0.05, 0) is 24.1 Å². The molecule has 1 aliphatic rings. The molecule has 0 saturated heterocycles. The van der Waals surface area contributed by atoms with Crippen LogP contribution < -0.4 is 0 Å². The summed E-state index contributed by atoms with van der Waals surface area (Å²) in [6, 6.07) is 5.28. The van der Waals surface area contributed by atoms with Crippen LogP contribution in [-0.2, 0) is 14.8 Å². The molecule has 21 heavy (non-hydrogen) atoms. The van der Waals surface area contributed by atoms with Gasteiger partial charge in [0.15, 0.2) is 0 Å². The summed E-state index contributed by atoms with van der Waals surface area (Å²) >= 11 is 5.84. The second-order valence-electron chi connectivity index (χ2n) is 4.95. The first kappa shape index (κ1) is 16.0. The maximum absolute atomic E-state index is 12.1. The lowest BCUT2D eigenvalue weighted by Gasteiger charge is -2.28. The van der Waals surface area contributed by atoms with Gasteiger partial charge in [-0.2, -0.15) is 4.31 Å². The minimum atomic E-state index is -3.55. The molecule has 114 valence electrons. The van der Waals surface area contributed by atoms with E-state index in [2.05, 4.69) is 0 Å². The zero-order valence-electron chi connectivity index (χ0n) is 11.7. The van der Waals surface area contributed by atoms with Crippen LogP contribution >= 0.6 is 11.6 Å². The van der Waals surface area contributed by atoms with Crippen molar-refractivity contribution in [3.8, 4) is 0 Å². The molecule has 2 atom stereocenters. The Balaban J connectivity index is 2.58. The smallest absolute Gasteiger partial charge is 0.333 e. The van der Waals surface area contributed by atoms with Crippen LogP contribution in [0.5, 0.6) is 0 Å². The summed E-state index contributed by atoms with van der Waals surface area (Å²) in [5.74, 6) is -1.11. The first-order valence-electron chi connectivity index (χ1n) is 6.44. The maximum atomic E-state index is 12.1. The van der Waals surface area contributed by atoms with Crippen molar-refractivity contribution in [3.63, 3.8) is 0 Å². The van der Waals surface area contributed by atoms with Crippen molar-refractivity contribution in [2.45, 2.75) is 25.4 Å². The molecule has 1 aromatic carbocycles. The minimum Gasteiger partial charge on any atom is -0.478 e. The van der Waals surface area contributed by atoms with Gasteiger partial charge in [0.1, 0.15) is 0 Å². The summed E-state index contributed by atoms with van der Waals surface area (Å²) in [5.41, 5.74) is 0.670.